The Morgan fingerprint density at radius 1 is 1.16 bits per heavy atom. The molecule has 1 aliphatic rings. The standard InChI is InChI=1S/C16H29NO5S8.C2H6/c1-15(25)19-8-16(9-20-15,17-13(18)22-14(23)24)6-4-2-3-5-7-21-29-11-27-10-28-12-30-26;1-2/h4,6,14,23-26H,2-3,5,7-12H2,1H3,(H,17,18);1-2H3/b6-4+;. The van der Waals surface area contributed by atoms with Crippen LogP contribution in [0.5, 0.6) is 0 Å². The highest BCUT2D eigenvalue weighted by molar-refractivity contribution is 8.70. The molecule has 1 aliphatic heterocycles. The number of rotatable bonds is 15. The van der Waals surface area contributed by atoms with Crippen LogP contribution in [0.1, 0.15) is 40.0 Å². The minimum absolute atomic E-state index is 0.213. The Balaban J connectivity index is 0.00000466. The fraction of sp³-hybridized carbons (Fsp3) is 0.833. The Kier molecular flexibility index (Phi) is 21.9. The van der Waals surface area contributed by atoms with Crippen LogP contribution in [-0.2, 0) is 18.4 Å². The van der Waals surface area contributed by atoms with E-state index in [-0.39, 0.29) is 13.2 Å². The lowest BCUT2D eigenvalue weighted by Gasteiger charge is -2.41. The maximum Gasteiger partial charge on any atom is 0.409 e. The molecule has 0 radical (unpaired) electrons. The summed E-state index contributed by atoms with van der Waals surface area (Å²) < 4.78 is 20.9. The average Bonchev–Trinajstić information content (AvgIpc) is 2.74. The van der Waals surface area contributed by atoms with Crippen LogP contribution in [0.3, 0.4) is 0 Å². The highest BCUT2D eigenvalue weighted by atomic mass is 33.1. The topological polar surface area (TPSA) is 66.0 Å². The molecule has 32 heavy (non-hydrogen) atoms. The molecule has 190 valence electrons. The van der Waals surface area contributed by atoms with Crippen molar-refractivity contribution in [3.63, 3.8) is 0 Å². The van der Waals surface area contributed by atoms with Gasteiger partial charge in [-0.1, -0.05) is 36.8 Å². The van der Waals surface area contributed by atoms with Crippen LogP contribution in [0.2, 0.25) is 0 Å². The Morgan fingerprint density at radius 3 is 2.44 bits per heavy atom. The Labute approximate surface area is 231 Å². The summed E-state index contributed by atoms with van der Waals surface area (Å²) in [6.07, 6.45) is 6.03. The zero-order valence-corrected chi connectivity index (χ0v) is 25.4. The van der Waals surface area contributed by atoms with Gasteiger partial charge in [-0.3, -0.25) is 0 Å². The number of carbonyl (C=O) groups excluding carboxylic acids is 1. The normalized spacial score (nSPS) is 23.1. The molecule has 1 fully saturated rings. The summed E-state index contributed by atoms with van der Waals surface area (Å²) >= 11 is 21.5. The van der Waals surface area contributed by atoms with Gasteiger partial charge in [0, 0.05) is 17.1 Å². The van der Waals surface area contributed by atoms with E-state index in [1.54, 1.807) is 17.7 Å². The summed E-state index contributed by atoms with van der Waals surface area (Å²) in [4.78, 5) is 12.0. The Hall–Kier alpha value is 1.69. The van der Waals surface area contributed by atoms with Gasteiger partial charge < -0.3 is 23.7 Å². The third-order valence-corrected chi connectivity index (χ3v) is 8.79. The maximum atomic E-state index is 12.0. The summed E-state index contributed by atoms with van der Waals surface area (Å²) in [5, 5.41) is 4.78. The van der Waals surface area contributed by atoms with Crippen molar-refractivity contribution in [1.29, 1.82) is 0 Å². The van der Waals surface area contributed by atoms with Gasteiger partial charge in [0.2, 0.25) is 5.12 Å². The zero-order chi connectivity index (χ0) is 24.3. The van der Waals surface area contributed by atoms with Crippen molar-refractivity contribution in [3.05, 3.63) is 12.2 Å². The molecule has 1 amide bonds. The molecule has 1 heterocycles. The summed E-state index contributed by atoms with van der Waals surface area (Å²) in [5.41, 5.74) is -0.831. The number of ether oxygens (including phenoxy) is 3. The van der Waals surface area contributed by atoms with Gasteiger partial charge in [0.1, 0.15) is 5.54 Å². The van der Waals surface area contributed by atoms with Gasteiger partial charge in [0.05, 0.1) is 30.0 Å². The number of nitrogens with one attached hydrogen (secondary N) is 1. The number of unbranched alkanes of at least 4 members (excludes halogenated alkanes) is 2. The highest BCUT2D eigenvalue weighted by Crippen LogP contribution is 2.28. The SMILES string of the molecule is CC.CC1(S)OCC(/C=C/CCCCOSCSCSCSS)(NC(=O)OC(S)S)CO1. The van der Waals surface area contributed by atoms with Crippen molar-refractivity contribution in [2.75, 3.05) is 35.1 Å². The monoisotopic (exact) mass is 601 g/mol. The van der Waals surface area contributed by atoms with E-state index in [1.165, 1.54) is 12.0 Å². The van der Waals surface area contributed by atoms with Crippen molar-refractivity contribution >= 4 is 102 Å². The van der Waals surface area contributed by atoms with Gasteiger partial charge in [-0.25, -0.2) is 4.79 Å². The van der Waals surface area contributed by atoms with E-state index in [4.69, 9.17) is 18.4 Å². The van der Waals surface area contributed by atoms with Gasteiger partial charge in [-0.05, 0) is 26.2 Å². The molecule has 0 aromatic carbocycles. The lowest BCUT2D eigenvalue weighted by molar-refractivity contribution is -0.216. The number of amides is 1. The molecule has 1 rings (SSSR count). The van der Waals surface area contributed by atoms with E-state index < -0.39 is 21.5 Å². The summed E-state index contributed by atoms with van der Waals surface area (Å²) in [7, 11) is 1.55. The summed E-state index contributed by atoms with van der Waals surface area (Å²) in [6, 6.07) is 0. The first kappa shape index (κ1) is 33.7. The minimum Gasteiger partial charge on any atom is -0.425 e. The van der Waals surface area contributed by atoms with Crippen molar-refractivity contribution < 1.29 is 23.2 Å². The molecule has 0 spiro atoms. The largest absolute Gasteiger partial charge is 0.425 e. The third-order valence-electron chi connectivity index (χ3n) is 3.56. The highest BCUT2D eigenvalue weighted by Gasteiger charge is 2.40. The number of allylic oxidation sites excluding steroid dienone is 1. The van der Waals surface area contributed by atoms with E-state index in [9.17, 15) is 4.79 Å². The van der Waals surface area contributed by atoms with E-state index in [0.717, 1.165) is 34.5 Å². The third kappa shape index (κ3) is 18.0. The summed E-state index contributed by atoms with van der Waals surface area (Å²) in [6.45, 7) is 6.84. The molecule has 0 atom stereocenters. The van der Waals surface area contributed by atoms with Crippen LogP contribution in [0.4, 0.5) is 4.79 Å². The molecule has 0 aromatic heterocycles. The Morgan fingerprint density at radius 2 is 1.81 bits per heavy atom. The van der Waals surface area contributed by atoms with Crippen LogP contribution in [-0.4, -0.2) is 56.6 Å². The quantitative estimate of drug-likeness (QED) is 0.0358. The number of thiol groups is 4. The molecular formula is C18H35NO5S8. The number of hydrogen-bond donors (Lipinski definition) is 5. The van der Waals surface area contributed by atoms with Crippen LogP contribution >= 0.6 is 95.9 Å². The maximum absolute atomic E-state index is 12.0. The first-order valence-corrected chi connectivity index (χ1v) is 16.7. The van der Waals surface area contributed by atoms with Gasteiger partial charge in [-0.15, -0.1) is 73.1 Å². The molecule has 1 saturated heterocycles. The molecule has 6 nitrogen and oxygen atoms in total. The van der Waals surface area contributed by atoms with Crippen LogP contribution in [0, 0.1) is 0 Å². The molecule has 0 aliphatic carbocycles. The smallest absolute Gasteiger partial charge is 0.409 e. The van der Waals surface area contributed by atoms with Gasteiger partial charge in [0.25, 0.3) is 0 Å². The fourth-order valence-corrected chi connectivity index (χ4v) is 6.48. The second kappa shape index (κ2) is 20.8. The average molecular weight is 602 g/mol. The number of carbonyl (C=O) groups is 1. The number of hydrogen-bond acceptors (Lipinski definition) is 13. The first-order chi connectivity index (χ1) is 15.3. The van der Waals surface area contributed by atoms with E-state index in [2.05, 4.69) is 54.9 Å². The van der Waals surface area contributed by atoms with Crippen molar-refractivity contribution in [3.8, 4) is 0 Å². The lowest BCUT2D eigenvalue weighted by Crippen LogP contribution is -2.59. The number of thioether (sulfide) groups is 2. The minimum atomic E-state index is -0.990. The first-order valence-electron chi connectivity index (χ1n) is 9.98. The molecule has 14 heteroatoms. The number of alkyl carbamates (subject to hydrolysis) is 1. The van der Waals surface area contributed by atoms with Crippen LogP contribution in [0.25, 0.3) is 0 Å². The van der Waals surface area contributed by atoms with E-state index >= 15 is 0 Å². The summed E-state index contributed by atoms with van der Waals surface area (Å²) in [5.74, 6) is 0. The van der Waals surface area contributed by atoms with Crippen LogP contribution < -0.4 is 5.32 Å². The predicted octanol–water partition coefficient (Wildman–Crippen LogP) is 6.58. The van der Waals surface area contributed by atoms with E-state index in [0.29, 0.717) is 6.61 Å². The molecular weight excluding hydrogens is 567 g/mol. The second-order valence-corrected chi connectivity index (χ2v) is 13.5. The van der Waals surface area contributed by atoms with E-state index in [1.807, 2.05) is 49.5 Å². The van der Waals surface area contributed by atoms with Crippen molar-refractivity contribution in [1.82, 2.24) is 5.32 Å². The Bertz CT molecular complexity index is 504. The van der Waals surface area contributed by atoms with Gasteiger partial charge in [0.15, 0.2) is 4.77 Å². The second-order valence-electron chi connectivity index (χ2n) is 6.22. The van der Waals surface area contributed by atoms with Gasteiger partial charge >= 0.3 is 6.09 Å². The molecule has 0 unspecified atom stereocenters. The molecule has 1 N–H and O–H groups in total. The zero-order valence-electron chi connectivity index (χ0n) is 18.6. The molecule has 0 bridgehead atoms. The van der Waals surface area contributed by atoms with Gasteiger partial charge in [-0.2, -0.15) is 0 Å². The van der Waals surface area contributed by atoms with Crippen LogP contribution in [0.15, 0.2) is 12.2 Å². The fourth-order valence-electron chi connectivity index (χ4n) is 2.17. The van der Waals surface area contributed by atoms with Crippen molar-refractivity contribution in [2.45, 2.75) is 55.5 Å². The lowest BCUT2D eigenvalue weighted by atomic mass is 9.99. The predicted molar refractivity (Wildman–Crippen MR) is 158 cm³/mol. The molecule has 0 saturated carbocycles. The van der Waals surface area contributed by atoms with Crippen molar-refractivity contribution in [2.24, 2.45) is 0 Å². The molecule has 0 aromatic rings.